The first-order valence-electron chi connectivity index (χ1n) is 6.37. The summed E-state index contributed by atoms with van der Waals surface area (Å²) in [6.07, 6.45) is 0.762. The predicted molar refractivity (Wildman–Crippen MR) is 77.5 cm³/mol. The Morgan fingerprint density at radius 3 is 3.00 bits per heavy atom. The summed E-state index contributed by atoms with van der Waals surface area (Å²) in [6.45, 7) is 3.05. The molecule has 3 rings (SSSR count). The molecular weight excluding hydrogens is 279 g/mol. The Morgan fingerprint density at radius 2 is 2.35 bits per heavy atom. The van der Waals surface area contributed by atoms with Crippen molar-refractivity contribution in [2.45, 2.75) is 18.9 Å². The fourth-order valence-electron chi connectivity index (χ4n) is 2.39. The number of thiophene rings is 1. The first-order valence-corrected chi connectivity index (χ1v) is 7.19. The number of anilines is 1. The summed E-state index contributed by atoms with van der Waals surface area (Å²) in [6, 6.07) is 4.72. The highest BCUT2D eigenvalue weighted by molar-refractivity contribution is 7.21. The Balaban J connectivity index is 1.96. The number of hydrogen-bond donors (Lipinski definition) is 2. The van der Waals surface area contributed by atoms with E-state index in [-0.39, 0.29) is 17.1 Å². The number of benzene rings is 1. The van der Waals surface area contributed by atoms with E-state index in [4.69, 9.17) is 10.5 Å². The second-order valence-corrected chi connectivity index (χ2v) is 6.33. The summed E-state index contributed by atoms with van der Waals surface area (Å²) in [5.74, 6) is -0.665. The third-order valence-corrected chi connectivity index (χ3v) is 4.71. The molecule has 1 aromatic heterocycles. The molecule has 0 bridgehead atoms. The van der Waals surface area contributed by atoms with E-state index < -0.39 is 5.82 Å². The lowest BCUT2D eigenvalue weighted by molar-refractivity contribution is 0.0895. The molecule has 0 radical (unpaired) electrons. The van der Waals surface area contributed by atoms with E-state index in [0.717, 1.165) is 6.42 Å². The van der Waals surface area contributed by atoms with Gasteiger partial charge >= 0.3 is 0 Å². The quantitative estimate of drug-likeness (QED) is 0.894. The molecule has 1 aliphatic heterocycles. The second-order valence-electron chi connectivity index (χ2n) is 5.28. The molecule has 1 unspecified atom stereocenters. The summed E-state index contributed by atoms with van der Waals surface area (Å²) in [5.41, 5.74) is 5.77. The largest absolute Gasteiger partial charge is 0.397 e. The number of nitrogen functional groups attached to an aromatic ring is 1. The lowest BCUT2D eigenvalue weighted by Gasteiger charge is -2.23. The molecule has 1 amide bonds. The Kier molecular flexibility index (Phi) is 3.14. The number of hydrogen-bond acceptors (Lipinski definition) is 4. The smallest absolute Gasteiger partial charge is 0.264 e. The van der Waals surface area contributed by atoms with E-state index in [1.54, 1.807) is 12.1 Å². The molecule has 2 heterocycles. The van der Waals surface area contributed by atoms with E-state index in [9.17, 15) is 9.18 Å². The van der Waals surface area contributed by atoms with Crippen LogP contribution >= 0.6 is 11.3 Å². The highest BCUT2D eigenvalue weighted by Gasteiger charge is 2.32. The summed E-state index contributed by atoms with van der Waals surface area (Å²) in [7, 11) is 0. The molecule has 0 saturated carbocycles. The fourth-order valence-corrected chi connectivity index (χ4v) is 3.43. The van der Waals surface area contributed by atoms with Crippen LogP contribution in [0.4, 0.5) is 10.1 Å². The first-order chi connectivity index (χ1) is 9.50. The number of halogens is 1. The lowest BCUT2D eigenvalue weighted by Crippen LogP contribution is -2.46. The molecule has 2 aromatic rings. The van der Waals surface area contributed by atoms with Crippen LogP contribution in [0.1, 0.15) is 23.0 Å². The maximum absolute atomic E-state index is 13.8. The number of nitrogens with one attached hydrogen (secondary N) is 1. The molecule has 1 aromatic carbocycles. The molecule has 4 nitrogen and oxygen atoms in total. The third kappa shape index (κ3) is 2.14. The van der Waals surface area contributed by atoms with E-state index >= 15 is 0 Å². The maximum atomic E-state index is 13.8. The van der Waals surface area contributed by atoms with Crippen molar-refractivity contribution in [2.75, 3.05) is 18.9 Å². The number of carbonyl (C=O) groups is 1. The van der Waals surface area contributed by atoms with Crippen molar-refractivity contribution >= 4 is 33.0 Å². The van der Waals surface area contributed by atoms with Crippen molar-refractivity contribution in [1.82, 2.24) is 5.32 Å². The van der Waals surface area contributed by atoms with Gasteiger partial charge in [0.05, 0.1) is 23.2 Å². The van der Waals surface area contributed by atoms with E-state index in [2.05, 4.69) is 5.32 Å². The lowest BCUT2D eigenvalue weighted by atomic mass is 10.0. The SMILES string of the molecule is CC1(NC(=O)c2sc3cccc(F)c3c2N)CCOC1. The first kappa shape index (κ1) is 13.3. The van der Waals surface area contributed by atoms with Gasteiger partial charge < -0.3 is 15.8 Å². The number of fused-ring (bicyclic) bond motifs is 1. The van der Waals surface area contributed by atoms with Gasteiger partial charge in [-0.1, -0.05) is 6.07 Å². The van der Waals surface area contributed by atoms with Gasteiger partial charge in [0.15, 0.2) is 0 Å². The minimum atomic E-state index is -0.397. The van der Waals surface area contributed by atoms with Gasteiger partial charge in [0.25, 0.3) is 5.91 Å². The highest BCUT2D eigenvalue weighted by Crippen LogP contribution is 2.35. The van der Waals surface area contributed by atoms with Gasteiger partial charge in [-0.15, -0.1) is 11.3 Å². The van der Waals surface area contributed by atoms with E-state index in [0.29, 0.717) is 28.2 Å². The molecule has 1 saturated heterocycles. The third-order valence-electron chi connectivity index (χ3n) is 3.54. The molecule has 20 heavy (non-hydrogen) atoms. The van der Waals surface area contributed by atoms with Gasteiger partial charge in [0, 0.05) is 11.3 Å². The van der Waals surface area contributed by atoms with E-state index in [1.165, 1.54) is 17.4 Å². The second kappa shape index (κ2) is 4.71. The Hall–Kier alpha value is -1.66. The molecule has 1 fully saturated rings. The van der Waals surface area contributed by atoms with Crippen molar-refractivity contribution in [3.63, 3.8) is 0 Å². The Bertz CT molecular complexity index is 677. The normalized spacial score (nSPS) is 22.3. The molecule has 0 aliphatic carbocycles. The van der Waals surface area contributed by atoms with Crippen molar-refractivity contribution in [3.05, 3.63) is 28.9 Å². The number of ether oxygens (including phenoxy) is 1. The van der Waals surface area contributed by atoms with Crippen LogP contribution in [0.25, 0.3) is 10.1 Å². The van der Waals surface area contributed by atoms with Gasteiger partial charge in [-0.05, 0) is 25.5 Å². The summed E-state index contributed by atoms with van der Waals surface area (Å²) in [4.78, 5) is 12.7. The van der Waals surface area contributed by atoms with Crippen LogP contribution in [0.2, 0.25) is 0 Å². The Labute approximate surface area is 119 Å². The zero-order valence-corrected chi connectivity index (χ0v) is 11.8. The molecule has 106 valence electrons. The van der Waals surface area contributed by atoms with Gasteiger partial charge in [0.1, 0.15) is 10.7 Å². The van der Waals surface area contributed by atoms with Crippen LogP contribution in [-0.2, 0) is 4.74 Å². The van der Waals surface area contributed by atoms with Gasteiger partial charge in [-0.3, -0.25) is 4.79 Å². The molecular formula is C14H15FN2O2S. The van der Waals surface area contributed by atoms with Crippen LogP contribution in [0.15, 0.2) is 18.2 Å². The molecule has 0 spiro atoms. The van der Waals surface area contributed by atoms with Crippen molar-refractivity contribution in [3.8, 4) is 0 Å². The summed E-state index contributed by atoms with van der Waals surface area (Å²) in [5, 5.41) is 3.27. The van der Waals surface area contributed by atoms with Crippen LogP contribution < -0.4 is 11.1 Å². The van der Waals surface area contributed by atoms with Crippen LogP contribution in [0.5, 0.6) is 0 Å². The number of amides is 1. The number of rotatable bonds is 2. The monoisotopic (exact) mass is 294 g/mol. The number of nitrogens with two attached hydrogens (primary N) is 1. The van der Waals surface area contributed by atoms with E-state index in [1.807, 2.05) is 6.92 Å². The summed E-state index contributed by atoms with van der Waals surface area (Å²) < 4.78 is 19.8. The highest BCUT2D eigenvalue weighted by atomic mass is 32.1. The minimum absolute atomic E-state index is 0.211. The van der Waals surface area contributed by atoms with Crippen LogP contribution in [0.3, 0.4) is 0 Å². The van der Waals surface area contributed by atoms with Crippen molar-refractivity contribution in [2.24, 2.45) is 0 Å². The number of carbonyl (C=O) groups excluding carboxylic acids is 1. The standard InChI is InChI=1S/C14H15FN2O2S/c1-14(5-6-19-7-14)17-13(18)12-11(16)10-8(15)3-2-4-9(10)20-12/h2-4H,5-7,16H2,1H3,(H,17,18). The van der Waals surface area contributed by atoms with Crippen LogP contribution in [-0.4, -0.2) is 24.7 Å². The summed E-state index contributed by atoms with van der Waals surface area (Å²) >= 11 is 1.21. The van der Waals surface area contributed by atoms with Gasteiger partial charge in [-0.25, -0.2) is 4.39 Å². The molecule has 3 N–H and O–H groups in total. The van der Waals surface area contributed by atoms with Gasteiger partial charge in [0.2, 0.25) is 0 Å². The zero-order chi connectivity index (χ0) is 14.3. The van der Waals surface area contributed by atoms with Crippen molar-refractivity contribution in [1.29, 1.82) is 0 Å². The molecule has 6 heteroatoms. The maximum Gasteiger partial charge on any atom is 0.264 e. The predicted octanol–water partition coefficient (Wildman–Crippen LogP) is 2.53. The average Bonchev–Trinajstić information content (AvgIpc) is 2.95. The van der Waals surface area contributed by atoms with Crippen molar-refractivity contribution < 1.29 is 13.9 Å². The topological polar surface area (TPSA) is 64.4 Å². The Morgan fingerprint density at radius 1 is 1.55 bits per heavy atom. The fraction of sp³-hybridized carbons (Fsp3) is 0.357. The average molecular weight is 294 g/mol. The molecule has 1 aliphatic rings. The minimum Gasteiger partial charge on any atom is -0.397 e. The van der Waals surface area contributed by atoms with Gasteiger partial charge in [-0.2, -0.15) is 0 Å². The molecule has 1 atom stereocenters. The van der Waals surface area contributed by atoms with Crippen LogP contribution in [0, 0.1) is 5.82 Å². The zero-order valence-electron chi connectivity index (χ0n) is 11.0.